The Morgan fingerprint density at radius 2 is 1.66 bits per heavy atom. The molecule has 1 aromatic heterocycles. The monoisotopic (exact) mass is 451 g/mol. The molecule has 2 bridgehead atoms. The Morgan fingerprint density at radius 3 is 2.19 bits per heavy atom. The maximum absolute atomic E-state index is 12.7. The molecule has 0 aliphatic carbocycles. The number of alkyl halides is 3. The van der Waals surface area contributed by atoms with Crippen molar-refractivity contribution in [2.75, 3.05) is 0 Å². The number of benzene rings is 1. The predicted molar refractivity (Wildman–Crippen MR) is 112 cm³/mol. The smallest absolute Gasteiger partial charge is 0.444 e. The first-order valence-corrected chi connectivity index (χ1v) is 10.8. The zero-order valence-electron chi connectivity index (χ0n) is 18.6. The fourth-order valence-electron chi connectivity index (χ4n) is 4.78. The first-order chi connectivity index (χ1) is 14.9. The molecule has 4 rings (SSSR count). The number of carbonyl (C=O) groups is 1. The molecule has 32 heavy (non-hydrogen) atoms. The van der Waals surface area contributed by atoms with Crippen LogP contribution < -0.4 is 4.74 Å². The molecule has 174 valence electrons. The summed E-state index contributed by atoms with van der Waals surface area (Å²) < 4.78 is 48.5. The maximum Gasteiger partial charge on any atom is 0.573 e. The summed E-state index contributed by atoms with van der Waals surface area (Å²) in [5, 5.41) is 4.75. The SMILES string of the molecule is Cc1cc(C2CC3CCC(C2)N3C(=O)OC(C)(C)C)nn1-c1ccc(OC(F)(F)F)cc1. The minimum absolute atomic E-state index is 0.137. The lowest BCUT2D eigenvalue weighted by Gasteiger charge is -2.39. The highest BCUT2D eigenvalue weighted by molar-refractivity contribution is 5.69. The van der Waals surface area contributed by atoms with E-state index in [2.05, 4.69) is 4.74 Å². The van der Waals surface area contributed by atoms with Gasteiger partial charge in [0.1, 0.15) is 11.4 Å². The Bertz CT molecular complexity index is 965. The van der Waals surface area contributed by atoms with Gasteiger partial charge in [0.2, 0.25) is 0 Å². The molecule has 0 N–H and O–H groups in total. The Labute approximate surface area is 185 Å². The molecule has 2 saturated heterocycles. The van der Waals surface area contributed by atoms with E-state index in [4.69, 9.17) is 9.84 Å². The van der Waals surface area contributed by atoms with Gasteiger partial charge >= 0.3 is 12.5 Å². The molecule has 2 fully saturated rings. The number of carbonyl (C=O) groups excluding carboxylic acids is 1. The summed E-state index contributed by atoms with van der Waals surface area (Å²) in [6.07, 6.45) is -1.40. The number of aryl methyl sites for hydroxylation is 1. The molecule has 2 aliphatic heterocycles. The van der Waals surface area contributed by atoms with Gasteiger partial charge in [0.25, 0.3) is 0 Å². The third kappa shape index (κ3) is 4.86. The van der Waals surface area contributed by atoms with Gasteiger partial charge in [-0.1, -0.05) is 0 Å². The molecule has 0 saturated carbocycles. The van der Waals surface area contributed by atoms with E-state index in [1.165, 1.54) is 12.1 Å². The van der Waals surface area contributed by atoms with Gasteiger partial charge in [0.15, 0.2) is 0 Å². The zero-order valence-corrected chi connectivity index (χ0v) is 18.6. The van der Waals surface area contributed by atoms with E-state index in [9.17, 15) is 18.0 Å². The Morgan fingerprint density at radius 1 is 1.06 bits per heavy atom. The van der Waals surface area contributed by atoms with Crippen LogP contribution in [0, 0.1) is 6.92 Å². The average molecular weight is 451 g/mol. The number of hydrogen-bond donors (Lipinski definition) is 0. The molecule has 1 aromatic carbocycles. The van der Waals surface area contributed by atoms with Crippen LogP contribution >= 0.6 is 0 Å². The van der Waals surface area contributed by atoms with Gasteiger partial charge in [-0.15, -0.1) is 13.2 Å². The molecular formula is C23H28F3N3O3. The summed E-state index contributed by atoms with van der Waals surface area (Å²) in [7, 11) is 0. The number of hydrogen-bond acceptors (Lipinski definition) is 4. The first-order valence-electron chi connectivity index (χ1n) is 10.8. The molecule has 3 heterocycles. The zero-order chi connectivity index (χ0) is 23.3. The molecule has 0 radical (unpaired) electrons. The van der Waals surface area contributed by atoms with Crippen LogP contribution in [0.2, 0.25) is 0 Å². The van der Waals surface area contributed by atoms with Crippen molar-refractivity contribution in [1.29, 1.82) is 0 Å². The van der Waals surface area contributed by atoms with Gasteiger partial charge in [0.05, 0.1) is 11.4 Å². The van der Waals surface area contributed by atoms with Crippen LogP contribution in [0.4, 0.5) is 18.0 Å². The summed E-state index contributed by atoms with van der Waals surface area (Å²) in [5.41, 5.74) is 1.98. The highest BCUT2D eigenvalue weighted by atomic mass is 19.4. The van der Waals surface area contributed by atoms with Crippen molar-refractivity contribution >= 4 is 6.09 Å². The van der Waals surface area contributed by atoms with Gasteiger partial charge in [-0.05, 0) is 83.7 Å². The molecule has 1 amide bonds. The number of halogens is 3. The van der Waals surface area contributed by atoms with Crippen molar-refractivity contribution in [1.82, 2.24) is 14.7 Å². The van der Waals surface area contributed by atoms with E-state index in [-0.39, 0.29) is 29.8 Å². The number of ether oxygens (including phenoxy) is 2. The first kappa shape index (κ1) is 22.5. The number of rotatable bonds is 3. The average Bonchev–Trinajstić information content (AvgIpc) is 3.17. The Kier molecular flexibility index (Phi) is 5.63. The summed E-state index contributed by atoms with van der Waals surface area (Å²) in [5.74, 6) is -0.0451. The quantitative estimate of drug-likeness (QED) is 0.599. The van der Waals surface area contributed by atoms with Crippen LogP contribution in [-0.2, 0) is 4.74 Å². The molecule has 9 heteroatoms. The van der Waals surface area contributed by atoms with Crippen LogP contribution in [0.25, 0.3) is 5.69 Å². The van der Waals surface area contributed by atoms with Gasteiger partial charge in [-0.2, -0.15) is 5.10 Å². The second kappa shape index (κ2) is 8.01. The molecule has 2 aliphatic rings. The van der Waals surface area contributed by atoms with Gasteiger partial charge in [-0.25, -0.2) is 9.48 Å². The second-order valence-corrected chi connectivity index (χ2v) is 9.61. The van der Waals surface area contributed by atoms with Crippen molar-refractivity contribution in [3.05, 3.63) is 41.7 Å². The number of aromatic nitrogens is 2. The minimum atomic E-state index is -4.72. The molecule has 2 aromatic rings. The molecule has 2 atom stereocenters. The third-order valence-electron chi connectivity index (χ3n) is 5.98. The summed E-state index contributed by atoms with van der Waals surface area (Å²) in [6, 6.07) is 7.97. The van der Waals surface area contributed by atoms with Crippen LogP contribution in [0.15, 0.2) is 30.3 Å². The molecular weight excluding hydrogens is 423 g/mol. The van der Waals surface area contributed by atoms with Crippen molar-refractivity contribution < 1.29 is 27.4 Å². The number of piperidine rings is 1. The largest absolute Gasteiger partial charge is 0.573 e. The maximum atomic E-state index is 12.7. The van der Waals surface area contributed by atoms with E-state index in [1.54, 1.807) is 16.8 Å². The van der Waals surface area contributed by atoms with Crippen molar-refractivity contribution in [2.24, 2.45) is 0 Å². The highest BCUT2D eigenvalue weighted by Crippen LogP contribution is 2.43. The standard InChI is InChI=1S/C23H28F3N3O3/c1-14-11-20(27-29(14)16-7-9-19(10-8-16)31-23(24,25)26)15-12-17-5-6-18(13-15)28(17)21(30)32-22(2,3)4/h7-11,15,17-18H,5-6,12-13H2,1-4H3. The van der Waals surface area contributed by atoms with Crippen molar-refractivity contribution in [2.45, 2.75) is 83.3 Å². The molecule has 2 unspecified atom stereocenters. The van der Waals surface area contributed by atoms with Crippen LogP contribution in [0.1, 0.15) is 63.8 Å². The summed E-state index contributed by atoms with van der Waals surface area (Å²) >= 11 is 0. The van der Waals surface area contributed by atoms with Gasteiger partial charge in [0, 0.05) is 23.7 Å². The molecule has 0 spiro atoms. The van der Waals surface area contributed by atoms with Crippen molar-refractivity contribution in [3.63, 3.8) is 0 Å². The van der Waals surface area contributed by atoms with Crippen LogP contribution in [-0.4, -0.2) is 44.8 Å². The lowest BCUT2D eigenvalue weighted by atomic mass is 9.88. The fourth-order valence-corrected chi connectivity index (χ4v) is 4.78. The normalized spacial score (nSPS) is 23.3. The lowest BCUT2D eigenvalue weighted by Crippen LogP contribution is -2.48. The fraction of sp³-hybridized carbons (Fsp3) is 0.565. The summed E-state index contributed by atoms with van der Waals surface area (Å²) in [4.78, 5) is 14.6. The Hall–Kier alpha value is -2.71. The van der Waals surface area contributed by atoms with E-state index >= 15 is 0 Å². The minimum Gasteiger partial charge on any atom is -0.444 e. The lowest BCUT2D eigenvalue weighted by molar-refractivity contribution is -0.274. The predicted octanol–water partition coefficient (Wildman–Crippen LogP) is 5.72. The van der Waals surface area contributed by atoms with Crippen LogP contribution in [0.5, 0.6) is 5.75 Å². The molecule has 6 nitrogen and oxygen atoms in total. The third-order valence-corrected chi connectivity index (χ3v) is 5.98. The Balaban J connectivity index is 1.48. The number of fused-ring (bicyclic) bond motifs is 2. The number of amides is 1. The number of nitrogens with zero attached hydrogens (tertiary/aromatic N) is 3. The van der Waals surface area contributed by atoms with Gasteiger partial charge in [-0.3, -0.25) is 0 Å². The van der Waals surface area contributed by atoms with Crippen molar-refractivity contribution in [3.8, 4) is 11.4 Å². The van der Waals surface area contributed by atoms with E-state index in [0.29, 0.717) is 5.69 Å². The van der Waals surface area contributed by atoms with E-state index in [1.807, 2.05) is 38.7 Å². The van der Waals surface area contributed by atoms with Gasteiger partial charge < -0.3 is 14.4 Å². The van der Waals surface area contributed by atoms with E-state index in [0.717, 1.165) is 37.1 Å². The second-order valence-electron chi connectivity index (χ2n) is 9.61. The van der Waals surface area contributed by atoms with Crippen LogP contribution in [0.3, 0.4) is 0 Å². The highest BCUT2D eigenvalue weighted by Gasteiger charge is 2.45. The van der Waals surface area contributed by atoms with E-state index < -0.39 is 12.0 Å². The topological polar surface area (TPSA) is 56.6 Å². The summed E-state index contributed by atoms with van der Waals surface area (Å²) in [6.45, 7) is 7.53.